The number of carbonyl (C=O) groups excluding carboxylic acids is 1. The summed E-state index contributed by atoms with van der Waals surface area (Å²) in [5.74, 6) is 1.01. The van der Waals surface area contributed by atoms with E-state index in [1.165, 1.54) is 37.6 Å². The van der Waals surface area contributed by atoms with Crippen molar-refractivity contribution < 1.29 is 19.7 Å². The van der Waals surface area contributed by atoms with Crippen LogP contribution in [0.1, 0.15) is 49.9 Å². The zero-order valence-corrected chi connectivity index (χ0v) is 20.8. The lowest BCUT2D eigenvalue weighted by molar-refractivity contribution is 0.0285. The molecule has 1 heterocycles. The van der Waals surface area contributed by atoms with E-state index < -0.39 is 5.60 Å². The van der Waals surface area contributed by atoms with E-state index in [1.54, 1.807) is 26.0 Å². The van der Waals surface area contributed by atoms with Gasteiger partial charge in [-0.2, -0.15) is 0 Å². The number of nitrogens with zero attached hydrogens (tertiary/aromatic N) is 1. The predicted molar refractivity (Wildman–Crippen MR) is 139 cm³/mol. The van der Waals surface area contributed by atoms with Crippen molar-refractivity contribution in [3.05, 3.63) is 48.0 Å². The third-order valence-electron chi connectivity index (χ3n) is 6.43. The average molecular weight is 486 g/mol. The summed E-state index contributed by atoms with van der Waals surface area (Å²) in [4.78, 5) is 15.7. The van der Waals surface area contributed by atoms with E-state index in [0.29, 0.717) is 28.2 Å². The van der Waals surface area contributed by atoms with Crippen LogP contribution >= 0.6 is 11.9 Å². The van der Waals surface area contributed by atoms with Gasteiger partial charge in [0.25, 0.3) is 5.91 Å². The van der Waals surface area contributed by atoms with E-state index in [9.17, 15) is 9.90 Å². The van der Waals surface area contributed by atoms with Gasteiger partial charge in [0.1, 0.15) is 12.4 Å². The predicted octanol–water partition coefficient (Wildman–Crippen LogP) is 4.52. The van der Waals surface area contributed by atoms with E-state index in [0.717, 1.165) is 24.5 Å². The van der Waals surface area contributed by atoms with E-state index in [1.807, 2.05) is 30.3 Å². The number of carbonyl (C=O) groups is 1. The van der Waals surface area contributed by atoms with Crippen molar-refractivity contribution in [1.29, 1.82) is 0 Å². The first kappa shape index (κ1) is 24.7. The van der Waals surface area contributed by atoms with Crippen molar-refractivity contribution in [1.82, 2.24) is 0 Å². The number of rotatable bonds is 10. The zero-order valence-electron chi connectivity index (χ0n) is 20.0. The topological polar surface area (TPSA) is 94.1 Å². The van der Waals surface area contributed by atoms with Crippen molar-refractivity contribution >= 4 is 34.9 Å². The van der Waals surface area contributed by atoms with Crippen molar-refractivity contribution in [2.24, 2.45) is 5.41 Å². The highest BCUT2D eigenvalue weighted by molar-refractivity contribution is 8.00. The van der Waals surface area contributed by atoms with Gasteiger partial charge < -0.3 is 29.9 Å². The van der Waals surface area contributed by atoms with Crippen LogP contribution in [0.15, 0.2) is 42.5 Å². The molecule has 0 radical (unpaired) electrons. The highest BCUT2D eigenvalue weighted by Crippen LogP contribution is 2.54. The van der Waals surface area contributed by atoms with Gasteiger partial charge in [0.2, 0.25) is 0 Å². The molecule has 2 aromatic rings. The maximum absolute atomic E-state index is 13.3. The number of hydrogen-bond donors (Lipinski definition) is 4. The van der Waals surface area contributed by atoms with Gasteiger partial charge in [0, 0.05) is 36.3 Å². The van der Waals surface area contributed by atoms with Crippen molar-refractivity contribution in [2.75, 3.05) is 47.0 Å². The molecular formula is C26H35N3O4S. The summed E-state index contributed by atoms with van der Waals surface area (Å²) in [6, 6.07) is 13.0. The first-order chi connectivity index (χ1) is 16.3. The molecule has 2 aliphatic rings. The summed E-state index contributed by atoms with van der Waals surface area (Å²) in [5.41, 5.74) is 2.73. The Labute approximate surface area is 206 Å². The minimum atomic E-state index is -0.938. The van der Waals surface area contributed by atoms with Gasteiger partial charge in [0.05, 0.1) is 23.5 Å². The second-order valence-electron chi connectivity index (χ2n) is 9.98. The van der Waals surface area contributed by atoms with Crippen LogP contribution in [0.5, 0.6) is 5.75 Å². The van der Waals surface area contributed by atoms with Crippen LogP contribution in [0.25, 0.3) is 0 Å². The van der Waals surface area contributed by atoms with Crippen LogP contribution in [-0.4, -0.2) is 53.8 Å². The van der Waals surface area contributed by atoms with Crippen LogP contribution in [0.2, 0.25) is 0 Å². The molecule has 0 atom stereocenters. The monoisotopic (exact) mass is 485 g/mol. The number of piperidine rings is 1. The van der Waals surface area contributed by atoms with Crippen molar-refractivity contribution in [2.45, 2.75) is 45.1 Å². The molecule has 184 valence electrons. The van der Waals surface area contributed by atoms with Gasteiger partial charge in [-0.05, 0) is 75.3 Å². The van der Waals surface area contributed by atoms with Gasteiger partial charge in [-0.15, -0.1) is 0 Å². The molecule has 4 N–H and O–H groups in total. The Balaban J connectivity index is 1.50. The first-order valence-corrected chi connectivity index (χ1v) is 12.9. The van der Waals surface area contributed by atoms with E-state index >= 15 is 0 Å². The second-order valence-corrected chi connectivity index (χ2v) is 10.9. The van der Waals surface area contributed by atoms with E-state index in [2.05, 4.69) is 14.9 Å². The number of hydrogen-bond acceptors (Lipinski definition) is 7. The average Bonchev–Trinajstić information content (AvgIpc) is 3.57. The third kappa shape index (κ3) is 6.58. The maximum atomic E-state index is 13.3. The first-order valence-electron chi connectivity index (χ1n) is 11.9. The number of amides is 1. The van der Waals surface area contributed by atoms with Crippen molar-refractivity contribution in [3.8, 4) is 5.75 Å². The minimum absolute atomic E-state index is 0.109. The Hall–Kier alpha value is -2.42. The molecule has 1 saturated carbocycles. The zero-order chi connectivity index (χ0) is 24.2. The Morgan fingerprint density at radius 2 is 1.88 bits per heavy atom. The maximum Gasteiger partial charge on any atom is 0.257 e. The summed E-state index contributed by atoms with van der Waals surface area (Å²) < 4.78 is 8.93. The Morgan fingerprint density at radius 1 is 1.12 bits per heavy atom. The summed E-state index contributed by atoms with van der Waals surface area (Å²) in [6.45, 7) is 5.55. The number of benzene rings is 2. The molecule has 7 nitrogen and oxygen atoms in total. The molecule has 2 aromatic carbocycles. The van der Waals surface area contributed by atoms with Crippen molar-refractivity contribution in [3.63, 3.8) is 0 Å². The third-order valence-corrected chi connectivity index (χ3v) is 7.20. The summed E-state index contributed by atoms with van der Waals surface area (Å²) in [5, 5.41) is 22.0. The molecule has 4 rings (SSSR count). The number of anilines is 3. The molecule has 34 heavy (non-hydrogen) atoms. The lowest BCUT2D eigenvalue weighted by atomic mass is 9.93. The molecule has 0 aromatic heterocycles. The molecule has 0 unspecified atom stereocenters. The molecule has 2 fully saturated rings. The summed E-state index contributed by atoms with van der Waals surface area (Å²) in [7, 11) is 0. The smallest absolute Gasteiger partial charge is 0.257 e. The highest BCUT2D eigenvalue weighted by atomic mass is 32.2. The van der Waals surface area contributed by atoms with Gasteiger partial charge in [-0.3, -0.25) is 4.79 Å². The van der Waals surface area contributed by atoms with E-state index in [4.69, 9.17) is 9.84 Å². The number of nitrogens with one attached hydrogen (secondary N) is 2. The van der Waals surface area contributed by atoms with Crippen LogP contribution < -0.4 is 19.7 Å². The molecule has 8 heteroatoms. The van der Waals surface area contributed by atoms with Crippen LogP contribution in [0, 0.1) is 5.41 Å². The number of aliphatic hydroxyl groups is 2. The Morgan fingerprint density at radius 3 is 2.56 bits per heavy atom. The lowest BCUT2D eigenvalue weighted by Gasteiger charge is -2.35. The molecular weight excluding hydrogens is 450 g/mol. The van der Waals surface area contributed by atoms with Crippen LogP contribution in [0.4, 0.5) is 17.1 Å². The molecule has 0 bridgehead atoms. The highest BCUT2D eigenvalue weighted by Gasteiger charge is 2.44. The fourth-order valence-electron chi connectivity index (χ4n) is 4.25. The molecule has 1 aliphatic carbocycles. The normalized spacial score (nSPS) is 16.9. The molecule has 1 spiro atoms. The fraction of sp³-hybridized carbons (Fsp3) is 0.500. The molecule has 1 amide bonds. The Bertz CT molecular complexity index is 994. The van der Waals surface area contributed by atoms with Gasteiger partial charge >= 0.3 is 0 Å². The summed E-state index contributed by atoms with van der Waals surface area (Å²) >= 11 is 1.45. The second kappa shape index (κ2) is 10.5. The number of ether oxygens (including phenoxy) is 1. The van der Waals surface area contributed by atoms with Gasteiger partial charge in [-0.1, -0.05) is 18.0 Å². The molecule has 1 saturated heterocycles. The SMILES string of the molecule is CC(C)(O)COc1cccc(NC(=O)c2ccc(NSCCO)cc2N2CCC3(CC2)CC3)c1. The number of aliphatic hydroxyl groups excluding tert-OH is 1. The minimum Gasteiger partial charge on any atom is -0.491 e. The van der Waals surface area contributed by atoms with E-state index in [-0.39, 0.29) is 19.1 Å². The Kier molecular flexibility index (Phi) is 7.60. The molecule has 1 aliphatic heterocycles. The largest absolute Gasteiger partial charge is 0.491 e. The van der Waals surface area contributed by atoms with Gasteiger partial charge in [-0.25, -0.2) is 0 Å². The quantitative estimate of drug-likeness (QED) is 0.290. The lowest BCUT2D eigenvalue weighted by Crippen LogP contribution is -2.35. The van der Waals surface area contributed by atoms with Crippen LogP contribution in [0.3, 0.4) is 0 Å². The van der Waals surface area contributed by atoms with Crippen LogP contribution in [-0.2, 0) is 0 Å². The standard InChI is InChI=1S/C26H35N3O4S/c1-25(2,32)18-33-21-5-3-4-19(16-21)27-24(31)22-7-6-20(28-34-15-14-30)17-23(22)29-12-10-26(8-9-26)11-13-29/h3-7,16-17,28,30,32H,8-15,18H2,1-2H3,(H,27,31). The fourth-order valence-corrected chi connectivity index (χ4v) is 4.74. The summed E-state index contributed by atoms with van der Waals surface area (Å²) in [6.07, 6.45) is 5.01. The van der Waals surface area contributed by atoms with Gasteiger partial charge in [0.15, 0.2) is 0 Å².